The summed E-state index contributed by atoms with van der Waals surface area (Å²) in [6.07, 6.45) is 1.76. The smallest absolute Gasteiger partial charge is 0.216 e. The first-order valence-electron chi connectivity index (χ1n) is 9.09. The van der Waals surface area contributed by atoms with Crippen molar-refractivity contribution in [3.8, 4) is 11.4 Å². The number of benzene rings is 4. The SMILES string of the molecule is Fc1ccccc1-c1n[nH]c(=S)n1/N=C\c1c2ccccc2cc2ccccc12. The van der Waals surface area contributed by atoms with Gasteiger partial charge in [0.05, 0.1) is 11.8 Å². The minimum Gasteiger partial charge on any atom is -0.250 e. The molecule has 0 unspecified atom stereocenters. The molecule has 140 valence electrons. The highest BCUT2D eigenvalue weighted by Crippen LogP contribution is 2.27. The van der Waals surface area contributed by atoms with E-state index in [-0.39, 0.29) is 5.82 Å². The summed E-state index contributed by atoms with van der Waals surface area (Å²) in [4.78, 5) is 0. The second kappa shape index (κ2) is 7.07. The van der Waals surface area contributed by atoms with E-state index in [0.717, 1.165) is 27.1 Å². The van der Waals surface area contributed by atoms with Gasteiger partial charge in [-0.15, -0.1) is 0 Å². The van der Waals surface area contributed by atoms with Crippen molar-refractivity contribution < 1.29 is 4.39 Å². The summed E-state index contributed by atoms with van der Waals surface area (Å²) in [5, 5.41) is 15.9. The first-order valence-corrected chi connectivity index (χ1v) is 9.50. The van der Waals surface area contributed by atoms with Crippen molar-refractivity contribution in [1.29, 1.82) is 0 Å². The standard InChI is InChI=1S/C23H15FN4S/c24-21-12-6-5-11-19(21)22-26-27-23(29)28(22)25-14-20-17-9-3-1-7-15(17)13-16-8-2-4-10-18(16)20/h1-14H,(H,27,29)/b25-14-. The number of hydrogen-bond donors (Lipinski definition) is 1. The minimum atomic E-state index is -0.381. The lowest BCUT2D eigenvalue weighted by Gasteiger charge is -2.08. The number of nitrogens with one attached hydrogen (secondary N) is 1. The molecule has 0 aliphatic carbocycles. The van der Waals surface area contributed by atoms with Gasteiger partial charge in [-0.1, -0.05) is 60.7 Å². The van der Waals surface area contributed by atoms with Gasteiger partial charge in [-0.05, 0) is 52.0 Å². The minimum absolute atomic E-state index is 0.295. The quantitative estimate of drug-likeness (QED) is 0.232. The van der Waals surface area contributed by atoms with Crippen LogP contribution in [0, 0.1) is 10.6 Å². The van der Waals surface area contributed by atoms with Crippen LogP contribution in [0.3, 0.4) is 0 Å². The number of H-pyrrole nitrogens is 1. The van der Waals surface area contributed by atoms with Crippen molar-refractivity contribution >= 4 is 40.0 Å². The fraction of sp³-hybridized carbons (Fsp3) is 0. The Kier molecular flexibility index (Phi) is 4.26. The number of halogens is 1. The van der Waals surface area contributed by atoms with Gasteiger partial charge in [-0.3, -0.25) is 0 Å². The van der Waals surface area contributed by atoms with Crippen LogP contribution in [0.25, 0.3) is 32.9 Å². The van der Waals surface area contributed by atoms with Crippen molar-refractivity contribution in [3.63, 3.8) is 0 Å². The third-order valence-electron chi connectivity index (χ3n) is 4.88. The monoisotopic (exact) mass is 398 g/mol. The zero-order chi connectivity index (χ0) is 19.8. The molecule has 0 amide bonds. The Morgan fingerprint density at radius 1 is 0.897 bits per heavy atom. The van der Waals surface area contributed by atoms with Gasteiger partial charge in [0.25, 0.3) is 0 Å². The van der Waals surface area contributed by atoms with E-state index in [9.17, 15) is 4.39 Å². The molecule has 0 spiro atoms. The Labute approximate surface area is 170 Å². The number of nitrogens with zero attached hydrogens (tertiary/aromatic N) is 3. The molecule has 0 saturated heterocycles. The molecule has 1 aromatic heterocycles. The predicted octanol–water partition coefficient (Wildman–Crippen LogP) is 5.94. The molecule has 0 saturated carbocycles. The lowest BCUT2D eigenvalue weighted by molar-refractivity contribution is 0.628. The number of fused-ring (bicyclic) bond motifs is 2. The molecule has 0 atom stereocenters. The van der Waals surface area contributed by atoms with E-state index in [2.05, 4.69) is 45.6 Å². The molecule has 6 heteroatoms. The maximum Gasteiger partial charge on any atom is 0.216 e. The van der Waals surface area contributed by atoms with Gasteiger partial charge in [-0.25, -0.2) is 9.49 Å². The van der Waals surface area contributed by atoms with Crippen LogP contribution < -0.4 is 0 Å². The van der Waals surface area contributed by atoms with Crippen molar-refractivity contribution in [1.82, 2.24) is 14.9 Å². The van der Waals surface area contributed by atoms with Gasteiger partial charge in [0.15, 0.2) is 5.82 Å². The molecule has 4 aromatic carbocycles. The van der Waals surface area contributed by atoms with Crippen LogP contribution >= 0.6 is 12.2 Å². The fourth-order valence-electron chi connectivity index (χ4n) is 3.52. The largest absolute Gasteiger partial charge is 0.250 e. The molecule has 1 heterocycles. The van der Waals surface area contributed by atoms with E-state index in [1.807, 2.05) is 24.3 Å². The average molecular weight is 398 g/mol. The topological polar surface area (TPSA) is 46.0 Å². The van der Waals surface area contributed by atoms with Crippen LogP contribution in [0.1, 0.15) is 5.56 Å². The first kappa shape index (κ1) is 17.5. The van der Waals surface area contributed by atoms with Gasteiger partial charge >= 0.3 is 0 Å². The second-order valence-electron chi connectivity index (χ2n) is 6.62. The van der Waals surface area contributed by atoms with Gasteiger partial charge in [0.2, 0.25) is 4.77 Å². The summed E-state index contributed by atoms with van der Waals surface area (Å²) in [6, 6.07) is 24.9. The Balaban J connectivity index is 1.73. The molecule has 5 rings (SSSR count). The summed E-state index contributed by atoms with van der Waals surface area (Å²) >= 11 is 5.33. The predicted molar refractivity (Wildman–Crippen MR) is 117 cm³/mol. The van der Waals surface area contributed by atoms with E-state index in [1.165, 1.54) is 10.7 Å². The van der Waals surface area contributed by atoms with E-state index in [0.29, 0.717) is 16.2 Å². The average Bonchev–Trinajstić information content (AvgIpc) is 3.11. The zero-order valence-corrected chi connectivity index (χ0v) is 16.0. The number of hydrogen-bond acceptors (Lipinski definition) is 3. The van der Waals surface area contributed by atoms with Crippen LogP contribution in [-0.2, 0) is 0 Å². The zero-order valence-electron chi connectivity index (χ0n) is 15.2. The summed E-state index contributed by atoms with van der Waals surface area (Å²) in [6.45, 7) is 0. The highest BCUT2D eigenvalue weighted by atomic mass is 32.1. The maximum atomic E-state index is 14.3. The molecular weight excluding hydrogens is 383 g/mol. The molecule has 4 nitrogen and oxygen atoms in total. The Hall–Kier alpha value is -3.64. The second-order valence-corrected chi connectivity index (χ2v) is 7.01. The lowest BCUT2D eigenvalue weighted by atomic mass is 9.97. The highest BCUT2D eigenvalue weighted by Gasteiger charge is 2.13. The fourth-order valence-corrected chi connectivity index (χ4v) is 3.70. The molecule has 29 heavy (non-hydrogen) atoms. The summed E-state index contributed by atoms with van der Waals surface area (Å²) in [5.41, 5.74) is 1.31. The van der Waals surface area contributed by atoms with Crippen LogP contribution in [-0.4, -0.2) is 21.1 Å². The Morgan fingerprint density at radius 2 is 1.52 bits per heavy atom. The van der Waals surface area contributed by atoms with Crippen molar-refractivity contribution in [2.24, 2.45) is 5.10 Å². The number of aromatic amines is 1. The molecular formula is C23H15FN4S. The third kappa shape index (κ3) is 3.03. The van der Waals surface area contributed by atoms with Crippen LogP contribution in [0.4, 0.5) is 4.39 Å². The Bertz CT molecular complexity index is 1390. The van der Waals surface area contributed by atoms with Crippen molar-refractivity contribution in [3.05, 3.63) is 95.0 Å². The summed E-state index contributed by atoms with van der Waals surface area (Å²) < 4.78 is 16.0. The number of aromatic nitrogens is 3. The first-order chi connectivity index (χ1) is 14.2. The highest BCUT2D eigenvalue weighted by molar-refractivity contribution is 7.71. The maximum absolute atomic E-state index is 14.3. The van der Waals surface area contributed by atoms with Crippen LogP contribution in [0.5, 0.6) is 0 Å². The molecule has 0 aliphatic heterocycles. The molecule has 0 fully saturated rings. The van der Waals surface area contributed by atoms with E-state index < -0.39 is 0 Å². The molecule has 5 aromatic rings. The summed E-state index contributed by atoms with van der Waals surface area (Å²) in [5.74, 6) is -0.0533. The van der Waals surface area contributed by atoms with Crippen molar-refractivity contribution in [2.75, 3.05) is 0 Å². The van der Waals surface area contributed by atoms with E-state index in [1.54, 1.807) is 24.4 Å². The van der Waals surface area contributed by atoms with Gasteiger partial charge in [0.1, 0.15) is 5.82 Å². The molecule has 0 bridgehead atoms. The van der Waals surface area contributed by atoms with Crippen molar-refractivity contribution in [2.45, 2.75) is 0 Å². The van der Waals surface area contributed by atoms with E-state index in [4.69, 9.17) is 12.2 Å². The van der Waals surface area contributed by atoms with Gasteiger partial charge in [0, 0.05) is 5.56 Å². The van der Waals surface area contributed by atoms with Gasteiger partial charge in [-0.2, -0.15) is 14.9 Å². The Morgan fingerprint density at radius 3 is 2.21 bits per heavy atom. The molecule has 0 aliphatic rings. The number of rotatable bonds is 3. The normalized spacial score (nSPS) is 11.6. The van der Waals surface area contributed by atoms with Gasteiger partial charge < -0.3 is 0 Å². The lowest BCUT2D eigenvalue weighted by Crippen LogP contribution is -1.97. The summed E-state index contributed by atoms with van der Waals surface area (Å²) in [7, 11) is 0. The van der Waals surface area contributed by atoms with Crippen LogP contribution in [0.2, 0.25) is 0 Å². The third-order valence-corrected chi connectivity index (χ3v) is 5.14. The van der Waals surface area contributed by atoms with Crippen LogP contribution in [0.15, 0.2) is 84.0 Å². The molecule has 0 radical (unpaired) electrons. The van der Waals surface area contributed by atoms with E-state index >= 15 is 0 Å². The molecule has 1 N–H and O–H groups in total.